The summed E-state index contributed by atoms with van der Waals surface area (Å²) in [5, 5.41) is 3.85. The number of alkyl halides is 3. The molecule has 23 heavy (non-hydrogen) atoms. The van der Waals surface area contributed by atoms with Crippen LogP contribution >= 0.6 is 0 Å². The van der Waals surface area contributed by atoms with Crippen LogP contribution in [-0.2, 0) is 0 Å². The molecule has 3 rings (SSSR count). The highest BCUT2D eigenvalue weighted by Crippen LogP contribution is 2.22. The number of H-pyrrole nitrogens is 1. The van der Waals surface area contributed by atoms with Gasteiger partial charge in [-0.3, -0.25) is 9.69 Å². The first kappa shape index (κ1) is 15.9. The van der Waals surface area contributed by atoms with Crippen LogP contribution < -0.4 is 5.32 Å². The van der Waals surface area contributed by atoms with Crippen LogP contribution in [0.1, 0.15) is 16.8 Å². The number of benzene rings is 1. The second-order valence-corrected chi connectivity index (χ2v) is 5.99. The average molecular weight is 325 g/mol. The van der Waals surface area contributed by atoms with Crippen LogP contribution in [0.4, 0.5) is 13.2 Å². The Morgan fingerprint density at radius 1 is 1.35 bits per heavy atom. The smallest absolute Gasteiger partial charge is 0.361 e. The number of carbonyl (C=O) groups is 1. The van der Waals surface area contributed by atoms with E-state index in [1.54, 1.807) is 18.3 Å². The topological polar surface area (TPSA) is 48.1 Å². The summed E-state index contributed by atoms with van der Waals surface area (Å²) < 4.78 is 37.1. The second kappa shape index (κ2) is 6.23. The number of hydrogen-bond donors (Lipinski definition) is 2. The number of aromatic nitrogens is 1. The van der Waals surface area contributed by atoms with E-state index in [4.69, 9.17) is 0 Å². The molecule has 7 heteroatoms. The minimum absolute atomic E-state index is 0.0653. The summed E-state index contributed by atoms with van der Waals surface area (Å²) in [6.45, 7) is 0.320. The summed E-state index contributed by atoms with van der Waals surface area (Å²) in [6.07, 6.45) is -1.68. The highest BCUT2D eigenvalue weighted by molar-refractivity contribution is 5.97. The highest BCUT2D eigenvalue weighted by atomic mass is 19.4. The van der Waals surface area contributed by atoms with Gasteiger partial charge >= 0.3 is 6.18 Å². The fourth-order valence-corrected chi connectivity index (χ4v) is 3.00. The first-order valence-corrected chi connectivity index (χ1v) is 7.55. The molecule has 0 spiro atoms. The van der Waals surface area contributed by atoms with E-state index in [0.717, 1.165) is 10.9 Å². The average Bonchev–Trinajstić information content (AvgIpc) is 3.11. The minimum Gasteiger partial charge on any atom is -0.361 e. The molecule has 1 aliphatic rings. The standard InChI is InChI=1S/C16H18F3N3O/c17-16(18,19)10-22-6-4-11(9-22)8-21-15(23)13-2-1-12-3-5-20-14(12)7-13/h1-3,5,7,11,20H,4,6,8-10H2,(H,21,23)/t11-/m0/s1. The van der Waals surface area contributed by atoms with Gasteiger partial charge in [-0.1, -0.05) is 6.07 Å². The number of fused-ring (bicyclic) bond motifs is 1. The SMILES string of the molecule is O=C(NC[C@@H]1CCN(CC(F)(F)F)C1)c1ccc2cc[nH]c2c1. The number of halogens is 3. The van der Waals surface area contributed by atoms with Gasteiger partial charge in [0.05, 0.1) is 6.54 Å². The molecule has 1 atom stereocenters. The van der Waals surface area contributed by atoms with Crippen molar-refractivity contribution in [3.05, 3.63) is 36.0 Å². The van der Waals surface area contributed by atoms with Crippen LogP contribution in [0.3, 0.4) is 0 Å². The Morgan fingerprint density at radius 3 is 2.96 bits per heavy atom. The van der Waals surface area contributed by atoms with Crippen LogP contribution in [0.15, 0.2) is 30.5 Å². The maximum Gasteiger partial charge on any atom is 0.401 e. The van der Waals surface area contributed by atoms with Crippen LogP contribution in [0, 0.1) is 5.92 Å². The van der Waals surface area contributed by atoms with Crippen molar-refractivity contribution in [3.63, 3.8) is 0 Å². The third-order valence-electron chi connectivity index (χ3n) is 4.14. The van der Waals surface area contributed by atoms with Crippen LogP contribution in [-0.4, -0.2) is 48.1 Å². The molecule has 1 amide bonds. The predicted molar refractivity (Wildman–Crippen MR) is 81.2 cm³/mol. The molecule has 0 bridgehead atoms. The van der Waals surface area contributed by atoms with Gasteiger partial charge in [0.25, 0.3) is 5.91 Å². The molecule has 0 unspecified atom stereocenters. The van der Waals surface area contributed by atoms with Crippen molar-refractivity contribution in [2.45, 2.75) is 12.6 Å². The van der Waals surface area contributed by atoms with Crippen molar-refractivity contribution in [2.75, 3.05) is 26.2 Å². The Hall–Kier alpha value is -2.02. The maximum absolute atomic E-state index is 12.4. The number of hydrogen-bond acceptors (Lipinski definition) is 2. The molecule has 2 aromatic rings. The summed E-state index contributed by atoms with van der Waals surface area (Å²) in [6, 6.07) is 7.30. The lowest BCUT2D eigenvalue weighted by atomic mass is 10.1. The van der Waals surface area contributed by atoms with Gasteiger partial charge in [-0.05, 0) is 42.5 Å². The van der Waals surface area contributed by atoms with E-state index in [-0.39, 0.29) is 11.8 Å². The van der Waals surface area contributed by atoms with Gasteiger partial charge in [-0.2, -0.15) is 13.2 Å². The molecule has 0 aliphatic carbocycles. The summed E-state index contributed by atoms with van der Waals surface area (Å²) >= 11 is 0. The number of likely N-dealkylation sites (tertiary alicyclic amines) is 1. The quantitative estimate of drug-likeness (QED) is 0.908. The molecule has 4 nitrogen and oxygen atoms in total. The second-order valence-electron chi connectivity index (χ2n) is 5.99. The van der Waals surface area contributed by atoms with E-state index in [2.05, 4.69) is 10.3 Å². The Balaban J connectivity index is 1.51. The van der Waals surface area contributed by atoms with E-state index in [9.17, 15) is 18.0 Å². The summed E-state index contributed by atoms with van der Waals surface area (Å²) in [7, 11) is 0. The van der Waals surface area contributed by atoms with E-state index in [1.165, 1.54) is 4.90 Å². The molecule has 124 valence electrons. The molecule has 2 N–H and O–H groups in total. The van der Waals surface area contributed by atoms with Crippen LogP contribution in [0.5, 0.6) is 0 Å². The fraction of sp³-hybridized carbons (Fsp3) is 0.438. The molecule has 1 saturated heterocycles. The molecule has 2 heterocycles. The number of carbonyl (C=O) groups excluding carboxylic acids is 1. The Morgan fingerprint density at radius 2 is 2.17 bits per heavy atom. The first-order chi connectivity index (χ1) is 10.9. The van der Waals surface area contributed by atoms with Crippen molar-refractivity contribution in [1.82, 2.24) is 15.2 Å². The number of nitrogens with zero attached hydrogens (tertiary/aromatic N) is 1. The largest absolute Gasteiger partial charge is 0.401 e. The number of nitrogens with one attached hydrogen (secondary N) is 2. The zero-order chi connectivity index (χ0) is 16.4. The normalized spacial score (nSPS) is 19.3. The molecule has 1 aromatic heterocycles. The number of rotatable bonds is 4. The van der Waals surface area contributed by atoms with Crippen molar-refractivity contribution in [2.24, 2.45) is 5.92 Å². The summed E-state index contributed by atoms with van der Waals surface area (Å²) in [5.41, 5.74) is 1.43. The Kier molecular flexibility index (Phi) is 4.30. The molecule has 0 saturated carbocycles. The third kappa shape index (κ3) is 4.04. The third-order valence-corrected chi connectivity index (χ3v) is 4.14. The van der Waals surface area contributed by atoms with Crippen LogP contribution in [0.25, 0.3) is 10.9 Å². The molecule has 0 radical (unpaired) electrons. The van der Waals surface area contributed by atoms with Gasteiger partial charge in [-0.15, -0.1) is 0 Å². The highest BCUT2D eigenvalue weighted by Gasteiger charge is 2.34. The van der Waals surface area contributed by atoms with Gasteiger partial charge in [0.15, 0.2) is 0 Å². The van der Waals surface area contributed by atoms with Gasteiger partial charge in [0, 0.05) is 30.4 Å². The lowest BCUT2D eigenvalue weighted by Crippen LogP contribution is -2.34. The Labute approximate surface area is 131 Å². The maximum atomic E-state index is 12.4. The molecule has 1 aromatic carbocycles. The van der Waals surface area contributed by atoms with E-state index < -0.39 is 12.7 Å². The van der Waals surface area contributed by atoms with Gasteiger partial charge in [0.1, 0.15) is 0 Å². The van der Waals surface area contributed by atoms with Crippen molar-refractivity contribution in [1.29, 1.82) is 0 Å². The van der Waals surface area contributed by atoms with Crippen molar-refractivity contribution < 1.29 is 18.0 Å². The predicted octanol–water partition coefficient (Wildman–Crippen LogP) is 2.78. The van der Waals surface area contributed by atoms with E-state index in [0.29, 0.717) is 31.6 Å². The van der Waals surface area contributed by atoms with E-state index in [1.807, 2.05) is 12.1 Å². The van der Waals surface area contributed by atoms with Gasteiger partial charge in [0.2, 0.25) is 0 Å². The summed E-state index contributed by atoms with van der Waals surface area (Å²) in [4.78, 5) is 16.6. The molecule has 1 fully saturated rings. The molecular formula is C16H18F3N3O. The number of amides is 1. The molecule has 1 aliphatic heterocycles. The van der Waals surface area contributed by atoms with Crippen molar-refractivity contribution in [3.8, 4) is 0 Å². The fourth-order valence-electron chi connectivity index (χ4n) is 3.00. The van der Waals surface area contributed by atoms with Crippen LogP contribution in [0.2, 0.25) is 0 Å². The monoisotopic (exact) mass is 325 g/mol. The number of aromatic amines is 1. The molecular weight excluding hydrogens is 307 g/mol. The Bertz CT molecular complexity index is 695. The van der Waals surface area contributed by atoms with Gasteiger partial charge < -0.3 is 10.3 Å². The van der Waals surface area contributed by atoms with Crippen molar-refractivity contribution >= 4 is 16.8 Å². The first-order valence-electron chi connectivity index (χ1n) is 7.55. The zero-order valence-electron chi connectivity index (χ0n) is 12.5. The lowest BCUT2D eigenvalue weighted by molar-refractivity contribution is -0.143. The summed E-state index contributed by atoms with van der Waals surface area (Å²) in [5.74, 6) is -0.133. The minimum atomic E-state index is -4.16. The van der Waals surface area contributed by atoms with E-state index >= 15 is 0 Å². The van der Waals surface area contributed by atoms with Gasteiger partial charge in [-0.25, -0.2) is 0 Å². The lowest BCUT2D eigenvalue weighted by Gasteiger charge is -2.18. The zero-order valence-corrected chi connectivity index (χ0v) is 12.5.